The number of aromatic nitrogens is 5. The second-order valence-electron chi connectivity index (χ2n) is 9.49. The molecular weight excluding hydrogens is 510 g/mol. The first kappa shape index (κ1) is 25.3. The third-order valence-electron chi connectivity index (χ3n) is 7.23. The van der Waals surface area contributed by atoms with E-state index >= 15 is 0 Å². The highest BCUT2D eigenvalue weighted by atomic mass is 32.1. The molecule has 6 rings (SSSR count). The third-order valence-corrected chi connectivity index (χ3v) is 8.32. The SMILES string of the molecule is COc1ccc([C@@H](c2nnnn2CCc2ccccc2)N2CCN(c3nc4ccccc4s3)CC2)c(OC)c1. The topological polar surface area (TPSA) is 81.4 Å². The molecule has 3 aromatic carbocycles. The van der Waals surface area contributed by atoms with Crippen LogP contribution in [0.3, 0.4) is 0 Å². The highest BCUT2D eigenvalue weighted by Gasteiger charge is 2.33. The molecule has 9 nitrogen and oxygen atoms in total. The van der Waals surface area contributed by atoms with E-state index in [2.05, 4.69) is 73.9 Å². The van der Waals surface area contributed by atoms with Crippen LogP contribution in [0.15, 0.2) is 72.8 Å². The summed E-state index contributed by atoms with van der Waals surface area (Å²) >= 11 is 1.75. The number of fused-ring (bicyclic) bond motifs is 1. The normalized spacial score (nSPS) is 15.0. The van der Waals surface area contributed by atoms with Gasteiger partial charge in [-0.3, -0.25) is 4.90 Å². The lowest BCUT2D eigenvalue weighted by Gasteiger charge is -2.39. The van der Waals surface area contributed by atoms with E-state index in [1.165, 1.54) is 10.3 Å². The van der Waals surface area contributed by atoms with Gasteiger partial charge < -0.3 is 14.4 Å². The Hall–Kier alpha value is -4.02. The molecule has 0 amide bonds. The Balaban J connectivity index is 1.29. The number of tetrazole rings is 1. The highest BCUT2D eigenvalue weighted by molar-refractivity contribution is 7.22. The molecule has 0 radical (unpaired) electrons. The van der Waals surface area contributed by atoms with E-state index in [9.17, 15) is 0 Å². The first-order valence-corrected chi connectivity index (χ1v) is 13.9. The summed E-state index contributed by atoms with van der Waals surface area (Å²) in [7, 11) is 3.36. The van der Waals surface area contributed by atoms with E-state index in [1.807, 2.05) is 28.9 Å². The average molecular weight is 542 g/mol. The average Bonchev–Trinajstić information content (AvgIpc) is 3.64. The van der Waals surface area contributed by atoms with Crippen LogP contribution in [0.4, 0.5) is 5.13 Å². The number of piperazine rings is 1. The summed E-state index contributed by atoms with van der Waals surface area (Å²) in [6.45, 7) is 4.08. The van der Waals surface area contributed by atoms with Gasteiger partial charge in [0.05, 0.1) is 24.4 Å². The van der Waals surface area contributed by atoms with Crippen molar-refractivity contribution in [3.05, 3.63) is 89.7 Å². The number of anilines is 1. The van der Waals surface area contributed by atoms with E-state index < -0.39 is 0 Å². The number of thiazole rings is 1. The van der Waals surface area contributed by atoms with Crippen LogP contribution in [-0.2, 0) is 13.0 Å². The lowest BCUT2D eigenvalue weighted by molar-refractivity contribution is 0.197. The molecule has 1 aliphatic heterocycles. The molecule has 0 N–H and O–H groups in total. The van der Waals surface area contributed by atoms with Crippen molar-refractivity contribution >= 4 is 26.7 Å². The number of para-hydroxylation sites is 1. The molecule has 0 spiro atoms. The third kappa shape index (κ3) is 5.30. The molecule has 1 atom stereocenters. The van der Waals surface area contributed by atoms with E-state index in [1.54, 1.807) is 25.6 Å². The summed E-state index contributed by atoms with van der Waals surface area (Å²) in [4.78, 5) is 9.70. The minimum atomic E-state index is -0.172. The zero-order valence-corrected chi connectivity index (χ0v) is 22.9. The van der Waals surface area contributed by atoms with Crippen molar-refractivity contribution in [3.63, 3.8) is 0 Å². The lowest BCUT2D eigenvalue weighted by atomic mass is 10.0. The number of methoxy groups -OCH3 is 2. The van der Waals surface area contributed by atoms with E-state index in [4.69, 9.17) is 14.5 Å². The lowest BCUT2D eigenvalue weighted by Crippen LogP contribution is -2.48. The molecule has 200 valence electrons. The Morgan fingerprint density at radius 3 is 2.46 bits per heavy atom. The van der Waals surface area contributed by atoms with E-state index in [0.717, 1.165) is 66.1 Å². The molecule has 10 heteroatoms. The minimum Gasteiger partial charge on any atom is -0.497 e. The number of rotatable bonds is 9. The number of hydrogen-bond acceptors (Lipinski definition) is 9. The molecular formula is C29H31N7O2S. The van der Waals surface area contributed by atoms with Gasteiger partial charge in [0, 0.05) is 44.4 Å². The minimum absolute atomic E-state index is 0.172. The van der Waals surface area contributed by atoms with Gasteiger partial charge in [0.2, 0.25) is 0 Å². The molecule has 0 bridgehead atoms. The number of hydrogen-bond donors (Lipinski definition) is 0. The molecule has 39 heavy (non-hydrogen) atoms. The van der Waals surface area contributed by atoms with Crippen LogP contribution in [-0.4, -0.2) is 70.5 Å². The molecule has 3 heterocycles. The van der Waals surface area contributed by atoms with Gasteiger partial charge in [0.1, 0.15) is 17.5 Å². The molecule has 0 aliphatic carbocycles. The van der Waals surface area contributed by atoms with Crippen molar-refractivity contribution < 1.29 is 9.47 Å². The fourth-order valence-electron chi connectivity index (χ4n) is 5.16. The standard InChI is InChI=1S/C29H31N7O2S/c1-37-22-12-13-23(25(20-22)38-2)27(28-31-32-33-36(28)15-14-21-8-4-3-5-9-21)34-16-18-35(19-17-34)29-30-24-10-6-7-11-26(24)39-29/h3-13,20,27H,14-19H2,1-2H3/t27-/m0/s1. The second kappa shape index (κ2) is 11.4. The Bertz CT molecular complexity index is 1500. The van der Waals surface area contributed by atoms with Crippen molar-refractivity contribution in [1.82, 2.24) is 30.1 Å². The molecule has 0 saturated carbocycles. The van der Waals surface area contributed by atoms with Gasteiger partial charge in [-0.25, -0.2) is 9.67 Å². The van der Waals surface area contributed by atoms with Gasteiger partial charge in [-0.2, -0.15) is 0 Å². The Morgan fingerprint density at radius 1 is 0.897 bits per heavy atom. The van der Waals surface area contributed by atoms with Crippen LogP contribution >= 0.6 is 11.3 Å². The fourth-order valence-corrected chi connectivity index (χ4v) is 6.17. The van der Waals surface area contributed by atoms with Crippen molar-refractivity contribution in [3.8, 4) is 11.5 Å². The predicted octanol–water partition coefficient (Wildman–Crippen LogP) is 4.45. The molecule has 5 aromatic rings. The van der Waals surface area contributed by atoms with Gasteiger partial charge in [-0.05, 0) is 46.7 Å². The zero-order valence-electron chi connectivity index (χ0n) is 22.1. The van der Waals surface area contributed by atoms with Gasteiger partial charge >= 0.3 is 0 Å². The van der Waals surface area contributed by atoms with Crippen LogP contribution in [0.2, 0.25) is 0 Å². The maximum atomic E-state index is 5.85. The smallest absolute Gasteiger partial charge is 0.186 e. The van der Waals surface area contributed by atoms with Gasteiger partial charge in [-0.1, -0.05) is 53.8 Å². The monoisotopic (exact) mass is 541 g/mol. The maximum absolute atomic E-state index is 5.85. The Labute approximate surface area is 231 Å². The molecule has 2 aromatic heterocycles. The summed E-state index contributed by atoms with van der Waals surface area (Å²) in [5, 5.41) is 14.1. The number of nitrogens with zero attached hydrogens (tertiary/aromatic N) is 7. The summed E-state index contributed by atoms with van der Waals surface area (Å²) in [5.41, 5.74) is 3.32. The zero-order chi connectivity index (χ0) is 26.6. The van der Waals surface area contributed by atoms with Crippen molar-refractivity contribution in [2.75, 3.05) is 45.3 Å². The first-order valence-electron chi connectivity index (χ1n) is 13.1. The van der Waals surface area contributed by atoms with Crippen LogP contribution in [0.25, 0.3) is 10.2 Å². The highest BCUT2D eigenvalue weighted by Crippen LogP contribution is 2.37. The van der Waals surface area contributed by atoms with Crippen molar-refractivity contribution in [2.24, 2.45) is 0 Å². The molecule has 1 saturated heterocycles. The van der Waals surface area contributed by atoms with Crippen LogP contribution in [0.5, 0.6) is 11.5 Å². The summed E-state index contributed by atoms with van der Waals surface area (Å²) in [5.74, 6) is 2.31. The largest absolute Gasteiger partial charge is 0.497 e. The van der Waals surface area contributed by atoms with Crippen LogP contribution < -0.4 is 14.4 Å². The predicted molar refractivity (Wildman–Crippen MR) is 153 cm³/mol. The van der Waals surface area contributed by atoms with Crippen molar-refractivity contribution in [2.45, 2.75) is 19.0 Å². The van der Waals surface area contributed by atoms with Gasteiger partial charge in [0.15, 0.2) is 11.0 Å². The molecule has 1 aliphatic rings. The summed E-state index contributed by atoms with van der Waals surface area (Å²) in [6.07, 6.45) is 0.844. The molecule has 1 fully saturated rings. The summed E-state index contributed by atoms with van der Waals surface area (Å²) < 4.78 is 14.5. The molecule has 0 unspecified atom stereocenters. The Morgan fingerprint density at radius 2 is 1.69 bits per heavy atom. The number of benzene rings is 3. The quantitative estimate of drug-likeness (QED) is 0.271. The fraction of sp³-hybridized carbons (Fsp3) is 0.310. The number of ether oxygens (including phenoxy) is 2. The van der Waals surface area contributed by atoms with E-state index in [0.29, 0.717) is 6.54 Å². The maximum Gasteiger partial charge on any atom is 0.186 e. The van der Waals surface area contributed by atoms with Crippen LogP contribution in [0, 0.1) is 0 Å². The van der Waals surface area contributed by atoms with Gasteiger partial charge in [-0.15, -0.1) is 5.10 Å². The second-order valence-corrected chi connectivity index (χ2v) is 10.5. The summed E-state index contributed by atoms with van der Waals surface area (Å²) in [6, 6.07) is 24.5. The van der Waals surface area contributed by atoms with Crippen molar-refractivity contribution in [1.29, 1.82) is 0 Å². The first-order chi connectivity index (χ1) is 19.2. The Kier molecular flexibility index (Phi) is 7.38. The van der Waals surface area contributed by atoms with Gasteiger partial charge in [0.25, 0.3) is 0 Å². The van der Waals surface area contributed by atoms with Crippen LogP contribution in [0.1, 0.15) is 23.0 Å². The van der Waals surface area contributed by atoms with E-state index in [-0.39, 0.29) is 6.04 Å². The number of aryl methyl sites for hydroxylation is 2.